The zero-order chi connectivity index (χ0) is 18.8. The van der Waals surface area contributed by atoms with Crippen LogP contribution in [-0.4, -0.2) is 43.5 Å². The SMILES string of the molecule is CCCCCC(O)/C=C/C=C\CCNC(=O)OCCCCC(=O)OC. The monoisotopic (exact) mass is 355 g/mol. The van der Waals surface area contributed by atoms with Gasteiger partial charge < -0.3 is 19.9 Å². The van der Waals surface area contributed by atoms with E-state index in [1.165, 1.54) is 7.11 Å². The van der Waals surface area contributed by atoms with E-state index in [0.717, 1.165) is 25.7 Å². The largest absolute Gasteiger partial charge is 0.469 e. The minimum atomic E-state index is -0.451. The number of carbonyl (C=O) groups excluding carboxylic acids is 2. The molecular weight excluding hydrogens is 322 g/mol. The number of hydrogen-bond acceptors (Lipinski definition) is 5. The Kier molecular flexibility index (Phi) is 15.8. The van der Waals surface area contributed by atoms with Gasteiger partial charge in [0.15, 0.2) is 0 Å². The van der Waals surface area contributed by atoms with E-state index in [9.17, 15) is 14.7 Å². The lowest BCUT2D eigenvalue weighted by Gasteiger charge is -2.05. The molecule has 0 bridgehead atoms. The Morgan fingerprint density at radius 3 is 2.68 bits per heavy atom. The minimum Gasteiger partial charge on any atom is -0.469 e. The molecule has 6 nitrogen and oxygen atoms in total. The summed E-state index contributed by atoms with van der Waals surface area (Å²) in [5.41, 5.74) is 0. The van der Waals surface area contributed by atoms with Gasteiger partial charge in [-0.05, 0) is 25.7 Å². The second-order valence-electron chi connectivity index (χ2n) is 5.76. The third-order valence-electron chi connectivity index (χ3n) is 3.50. The summed E-state index contributed by atoms with van der Waals surface area (Å²) >= 11 is 0. The van der Waals surface area contributed by atoms with Crippen LogP contribution in [0.2, 0.25) is 0 Å². The van der Waals surface area contributed by atoms with E-state index in [4.69, 9.17) is 4.74 Å². The van der Waals surface area contributed by atoms with Gasteiger partial charge >= 0.3 is 12.1 Å². The van der Waals surface area contributed by atoms with Gasteiger partial charge in [0.05, 0.1) is 19.8 Å². The lowest BCUT2D eigenvalue weighted by Crippen LogP contribution is -2.25. The summed E-state index contributed by atoms with van der Waals surface area (Å²) in [4.78, 5) is 22.3. The summed E-state index contributed by atoms with van der Waals surface area (Å²) in [5.74, 6) is -0.251. The van der Waals surface area contributed by atoms with Gasteiger partial charge in [-0.25, -0.2) is 4.79 Å². The number of amides is 1. The van der Waals surface area contributed by atoms with Crippen molar-refractivity contribution in [3.05, 3.63) is 24.3 Å². The molecule has 0 aliphatic carbocycles. The van der Waals surface area contributed by atoms with Gasteiger partial charge in [-0.3, -0.25) is 4.79 Å². The van der Waals surface area contributed by atoms with Crippen LogP contribution in [0.3, 0.4) is 0 Å². The minimum absolute atomic E-state index is 0.251. The van der Waals surface area contributed by atoms with Crippen LogP contribution in [0.15, 0.2) is 24.3 Å². The number of allylic oxidation sites excluding steroid dienone is 2. The zero-order valence-electron chi connectivity index (χ0n) is 15.5. The Balaban J connectivity index is 3.53. The number of hydrogen-bond donors (Lipinski definition) is 2. The number of aliphatic hydroxyl groups is 1. The summed E-state index contributed by atoms with van der Waals surface area (Å²) in [5, 5.41) is 12.3. The summed E-state index contributed by atoms with van der Waals surface area (Å²) in [6, 6.07) is 0. The summed E-state index contributed by atoms with van der Waals surface area (Å²) in [6.45, 7) is 2.92. The van der Waals surface area contributed by atoms with Crippen molar-refractivity contribution in [3.8, 4) is 0 Å². The summed E-state index contributed by atoms with van der Waals surface area (Å²) < 4.78 is 9.51. The summed E-state index contributed by atoms with van der Waals surface area (Å²) in [6.07, 6.45) is 13.0. The van der Waals surface area contributed by atoms with Crippen LogP contribution in [0, 0.1) is 0 Å². The number of alkyl carbamates (subject to hydrolysis) is 1. The zero-order valence-corrected chi connectivity index (χ0v) is 15.5. The smallest absolute Gasteiger partial charge is 0.407 e. The average molecular weight is 355 g/mol. The molecule has 0 spiro atoms. The number of rotatable bonds is 14. The van der Waals surface area contributed by atoms with Crippen LogP contribution < -0.4 is 5.32 Å². The highest BCUT2D eigenvalue weighted by Gasteiger charge is 2.02. The fourth-order valence-corrected chi connectivity index (χ4v) is 2.01. The standard InChI is InChI=1S/C19H33NO5/c1-3-4-7-12-17(21)13-8-5-6-10-15-20-19(23)25-16-11-9-14-18(22)24-2/h5-6,8,13,17,21H,3-4,7,9-12,14-16H2,1-2H3,(H,20,23)/b6-5-,13-8+. The average Bonchev–Trinajstić information content (AvgIpc) is 2.60. The highest BCUT2D eigenvalue weighted by molar-refractivity contribution is 5.69. The highest BCUT2D eigenvalue weighted by atomic mass is 16.5. The van der Waals surface area contributed by atoms with Crippen molar-refractivity contribution in [1.82, 2.24) is 5.32 Å². The molecule has 0 aromatic rings. The van der Waals surface area contributed by atoms with Crippen LogP contribution in [0.5, 0.6) is 0 Å². The fourth-order valence-electron chi connectivity index (χ4n) is 2.01. The molecule has 2 N–H and O–H groups in total. The second kappa shape index (κ2) is 17.0. The van der Waals surface area contributed by atoms with E-state index in [2.05, 4.69) is 17.0 Å². The molecule has 0 aliphatic heterocycles. The predicted molar refractivity (Wildman–Crippen MR) is 98.3 cm³/mol. The van der Waals surface area contributed by atoms with E-state index in [-0.39, 0.29) is 18.7 Å². The molecular formula is C19H33NO5. The number of carbonyl (C=O) groups is 2. The van der Waals surface area contributed by atoms with E-state index < -0.39 is 6.09 Å². The van der Waals surface area contributed by atoms with E-state index in [1.807, 2.05) is 18.2 Å². The Bertz CT molecular complexity index is 407. The number of aliphatic hydroxyl groups excluding tert-OH is 1. The van der Waals surface area contributed by atoms with E-state index in [1.54, 1.807) is 6.08 Å². The maximum Gasteiger partial charge on any atom is 0.407 e. The maximum absolute atomic E-state index is 11.4. The van der Waals surface area contributed by atoms with Crippen LogP contribution in [0.1, 0.15) is 58.3 Å². The maximum atomic E-state index is 11.4. The second-order valence-corrected chi connectivity index (χ2v) is 5.76. The molecule has 0 radical (unpaired) electrons. The number of nitrogens with one attached hydrogen (secondary N) is 1. The molecule has 0 rings (SSSR count). The van der Waals surface area contributed by atoms with Gasteiger partial charge in [0.2, 0.25) is 0 Å². The van der Waals surface area contributed by atoms with Crippen LogP contribution in [0.25, 0.3) is 0 Å². The molecule has 6 heteroatoms. The topological polar surface area (TPSA) is 84.9 Å². The first-order chi connectivity index (χ1) is 12.1. The van der Waals surface area contributed by atoms with Gasteiger partial charge in [0.1, 0.15) is 0 Å². The molecule has 0 aliphatic rings. The molecule has 25 heavy (non-hydrogen) atoms. The van der Waals surface area contributed by atoms with Crippen molar-refractivity contribution >= 4 is 12.1 Å². The van der Waals surface area contributed by atoms with Gasteiger partial charge in [-0.15, -0.1) is 0 Å². The molecule has 1 atom stereocenters. The van der Waals surface area contributed by atoms with Gasteiger partial charge in [-0.1, -0.05) is 50.5 Å². The first-order valence-corrected chi connectivity index (χ1v) is 9.09. The van der Waals surface area contributed by atoms with Crippen LogP contribution in [-0.2, 0) is 14.3 Å². The first kappa shape index (κ1) is 23.2. The lowest BCUT2D eigenvalue weighted by molar-refractivity contribution is -0.140. The molecule has 1 unspecified atom stereocenters. The first-order valence-electron chi connectivity index (χ1n) is 9.09. The van der Waals surface area contributed by atoms with Crippen molar-refractivity contribution in [2.24, 2.45) is 0 Å². The Morgan fingerprint density at radius 1 is 1.16 bits per heavy atom. The molecule has 1 amide bonds. The Hall–Kier alpha value is -1.82. The molecule has 0 saturated carbocycles. The van der Waals surface area contributed by atoms with E-state index >= 15 is 0 Å². The highest BCUT2D eigenvalue weighted by Crippen LogP contribution is 2.04. The number of esters is 1. The third kappa shape index (κ3) is 16.8. The Labute approximate surface area is 151 Å². The van der Waals surface area contributed by atoms with Crippen LogP contribution in [0.4, 0.5) is 4.79 Å². The van der Waals surface area contributed by atoms with Gasteiger partial charge in [-0.2, -0.15) is 0 Å². The molecule has 144 valence electrons. The van der Waals surface area contributed by atoms with E-state index in [0.29, 0.717) is 32.2 Å². The van der Waals surface area contributed by atoms with Crippen LogP contribution >= 0.6 is 0 Å². The third-order valence-corrected chi connectivity index (χ3v) is 3.50. The van der Waals surface area contributed by atoms with Crippen molar-refractivity contribution in [1.29, 1.82) is 0 Å². The molecule has 0 fully saturated rings. The fraction of sp³-hybridized carbons (Fsp3) is 0.684. The number of methoxy groups -OCH3 is 1. The number of ether oxygens (including phenoxy) is 2. The Morgan fingerprint density at radius 2 is 1.96 bits per heavy atom. The number of unbranched alkanes of at least 4 members (excludes halogenated alkanes) is 3. The van der Waals surface area contributed by atoms with Crippen molar-refractivity contribution in [3.63, 3.8) is 0 Å². The molecule has 0 saturated heterocycles. The van der Waals surface area contributed by atoms with Gasteiger partial charge in [0, 0.05) is 13.0 Å². The summed E-state index contributed by atoms with van der Waals surface area (Å²) in [7, 11) is 1.35. The van der Waals surface area contributed by atoms with Crippen molar-refractivity contribution in [2.45, 2.75) is 64.4 Å². The quantitative estimate of drug-likeness (QED) is 0.283. The lowest BCUT2D eigenvalue weighted by atomic mass is 10.1. The van der Waals surface area contributed by atoms with Crippen molar-refractivity contribution in [2.75, 3.05) is 20.3 Å². The van der Waals surface area contributed by atoms with Crippen molar-refractivity contribution < 1.29 is 24.2 Å². The normalized spacial score (nSPS) is 12.4. The molecule has 0 aromatic heterocycles. The van der Waals surface area contributed by atoms with Gasteiger partial charge in [0.25, 0.3) is 0 Å². The molecule has 0 heterocycles. The predicted octanol–water partition coefficient (Wildman–Crippen LogP) is 3.50. The molecule has 0 aromatic carbocycles.